The molecular formula is C16H16O3. The van der Waals surface area contributed by atoms with E-state index < -0.39 is 0 Å². The van der Waals surface area contributed by atoms with Crippen LogP contribution in [0, 0.1) is 0 Å². The fraction of sp³-hybridized carbons (Fsp3) is 0.250. The fourth-order valence-electron chi connectivity index (χ4n) is 2.48. The molecule has 3 rings (SSSR count). The highest BCUT2D eigenvalue weighted by Gasteiger charge is 2.26. The average molecular weight is 256 g/mol. The molecule has 0 N–H and O–H groups in total. The number of fused-ring (bicyclic) bond motifs is 1. The zero-order chi connectivity index (χ0) is 13.2. The molecule has 1 atom stereocenters. The Morgan fingerprint density at radius 3 is 2.63 bits per heavy atom. The van der Waals surface area contributed by atoms with E-state index >= 15 is 0 Å². The molecule has 0 bridgehead atoms. The maximum Gasteiger partial charge on any atom is 0.128 e. The standard InChI is InChI=1S/C16H16O3/c1-17-12-7-8-14(15(9-12)18-2)16-13-6-4-3-5-11(13)10-19-16/h3-9,16H,10H2,1-2H3. The van der Waals surface area contributed by atoms with E-state index in [0.29, 0.717) is 6.61 Å². The first-order valence-corrected chi connectivity index (χ1v) is 6.25. The predicted octanol–water partition coefficient (Wildman–Crippen LogP) is 3.32. The minimum atomic E-state index is -0.0583. The molecule has 3 nitrogen and oxygen atoms in total. The third kappa shape index (κ3) is 2.06. The van der Waals surface area contributed by atoms with Gasteiger partial charge in [0.05, 0.1) is 20.8 Å². The molecule has 0 spiro atoms. The SMILES string of the molecule is COc1ccc(C2OCc3ccccc32)c(OC)c1. The molecule has 2 aromatic rings. The minimum Gasteiger partial charge on any atom is -0.497 e. The van der Waals surface area contributed by atoms with E-state index in [2.05, 4.69) is 12.1 Å². The molecule has 0 saturated carbocycles. The summed E-state index contributed by atoms with van der Waals surface area (Å²) < 4.78 is 16.6. The summed E-state index contributed by atoms with van der Waals surface area (Å²) in [5, 5.41) is 0. The molecule has 0 fully saturated rings. The summed E-state index contributed by atoms with van der Waals surface area (Å²) in [7, 11) is 3.31. The molecule has 0 aromatic heterocycles. The Balaban J connectivity index is 2.04. The van der Waals surface area contributed by atoms with Gasteiger partial charge in [0, 0.05) is 11.6 Å². The largest absolute Gasteiger partial charge is 0.497 e. The molecular weight excluding hydrogens is 240 g/mol. The van der Waals surface area contributed by atoms with Gasteiger partial charge in [-0.15, -0.1) is 0 Å². The Morgan fingerprint density at radius 1 is 1.00 bits per heavy atom. The molecule has 0 aliphatic carbocycles. The first kappa shape index (κ1) is 12.1. The van der Waals surface area contributed by atoms with Crippen molar-refractivity contribution in [2.45, 2.75) is 12.7 Å². The second-order valence-corrected chi connectivity index (χ2v) is 4.50. The Labute approximate surface area is 112 Å². The lowest BCUT2D eigenvalue weighted by Gasteiger charge is -2.16. The predicted molar refractivity (Wildman–Crippen MR) is 72.6 cm³/mol. The Kier molecular flexibility index (Phi) is 3.13. The molecule has 0 amide bonds. The topological polar surface area (TPSA) is 27.7 Å². The van der Waals surface area contributed by atoms with Gasteiger partial charge in [0.15, 0.2) is 0 Å². The van der Waals surface area contributed by atoms with Gasteiger partial charge in [-0.1, -0.05) is 24.3 Å². The quantitative estimate of drug-likeness (QED) is 0.843. The van der Waals surface area contributed by atoms with Gasteiger partial charge < -0.3 is 14.2 Å². The Hall–Kier alpha value is -2.00. The van der Waals surface area contributed by atoms with E-state index in [1.807, 2.05) is 30.3 Å². The van der Waals surface area contributed by atoms with E-state index in [1.54, 1.807) is 14.2 Å². The normalized spacial score (nSPS) is 17.1. The van der Waals surface area contributed by atoms with Gasteiger partial charge in [0.25, 0.3) is 0 Å². The van der Waals surface area contributed by atoms with Crippen molar-refractivity contribution in [2.75, 3.05) is 14.2 Å². The highest BCUT2D eigenvalue weighted by atomic mass is 16.5. The Bertz CT molecular complexity index is 592. The fourth-order valence-corrected chi connectivity index (χ4v) is 2.48. The van der Waals surface area contributed by atoms with Gasteiger partial charge in [-0.05, 0) is 23.3 Å². The molecule has 2 aromatic carbocycles. The molecule has 3 heteroatoms. The van der Waals surface area contributed by atoms with Crippen molar-refractivity contribution < 1.29 is 14.2 Å². The maximum absolute atomic E-state index is 5.90. The molecule has 1 aliphatic rings. The van der Waals surface area contributed by atoms with Crippen LogP contribution in [0.3, 0.4) is 0 Å². The summed E-state index contributed by atoms with van der Waals surface area (Å²) in [6.07, 6.45) is -0.0583. The van der Waals surface area contributed by atoms with Crippen LogP contribution in [-0.2, 0) is 11.3 Å². The molecule has 0 saturated heterocycles. The van der Waals surface area contributed by atoms with E-state index in [9.17, 15) is 0 Å². The zero-order valence-electron chi connectivity index (χ0n) is 11.1. The van der Waals surface area contributed by atoms with Crippen LogP contribution in [0.4, 0.5) is 0 Å². The van der Waals surface area contributed by atoms with Gasteiger partial charge in [-0.2, -0.15) is 0 Å². The van der Waals surface area contributed by atoms with Crippen LogP contribution < -0.4 is 9.47 Å². The van der Waals surface area contributed by atoms with Crippen molar-refractivity contribution in [1.29, 1.82) is 0 Å². The summed E-state index contributed by atoms with van der Waals surface area (Å²) in [6.45, 7) is 0.649. The van der Waals surface area contributed by atoms with Crippen molar-refractivity contribution in [3.05, 3.63) is 59.2 Å². The third-order valence-corrected chi connectivity index (χ3v) is 3.47. The minimum absolute atomic E-state index is 0.0583. The third-order valence-electron chi connectivity index (χ3n) is 3.47. The van der Waals surface area contributed by atoms with Crippen molar-refractivity contribution in [3.63, 3.8) is 0 Å². The van der Waals surface area contributed by atoms with Crippen LogP contribution in [0.2, 0.25) is 0 Å². The van der Waals surface area contributed by atoms with Crippen LogP contribution >= 0.6 is 0 Å². The molecule has 0 radical (unpaired) electrons. The van der Waals surface area contributed by atoms with Gasteiger partial charge in [-0.25, -0.2) is 0 Å². The number of rotatable bonds is 3. The highest BCUT2D eigenvalue weighted by molar-refractivity contribution is 5.47. The number of benzene rings is 2. The van der Waals surface area contributed by atoms with Crippen LogP contribution in [0.1, 0.15) is 22.8 Å². The second kappa shape index (κ2) is 4.94. The number of methoxy groups -OCH3 is 2. The first-order chi connectivity index (χ1) is 9.33. The van der Waals surface area contributed by atoms with Gasteiger partial charge >= 0.3 is 0 Å². The lowest BCUT2D eigenvalue weighted by molar-refractivity contribution is 0.0920. The van der Waals surface area contributed by atoms with Gasteiger partial charge in [-0.3, -0.25) is 0 Å². The van der Waals surface area contributed by atoms with E-state index in [1.165, 1.54) is 11.1 Å². The van der Waals surface area contributed by atoms with E-state index in [0.717, 1.165) is 17.1 Å². The smallest absolute Gasteiger partial charge is 0.128 e. The second-order valence-electron chi connectivity index (χ2n) is 4.50. The lowest BCUT2D eigenvalue weighted by Crippen LogP contribution is -2.02. The molecule has 19 heavy (non-hydrogen) atoms. The van der Waals surface area contributed by atoms with Crippen molar-refractivity contribution in [3.8, 4) is 11.5 Å². The highest BCUT2D eigenvalue weighted by Crippen LogP contribution is 2.40. The summed E-state index contributed by atoms with van der Waals surface area (Å²) in [5.41, 5.74) is 3.49. The Morgan fingerprint density at radius 2 is 1.84 bits per heavy atom. The number of ether oxygens (including phenoxy) is 3. The average Bonchev–Trinajstić information content (AvgIpc) is 2.90. The number of hydrogen-bond acceptors (Lipinski definition) is 3. The summed E-state index contributed by atoms with van der Waals surface area (Å²) in [6, 6.07) is 14.1. The molecule has 1 heterocycles. The van der Waals surface area contributed by atoms with Crippen molar-refractivity contribution in [1.82, 2.24) is 0 Å². The maximum atomic E-state index is 5.90. The summed E-state index contributed by atoms with van der Waals surface area (Å²) in [4.78, 5) is 0. The van der Waals surface area contributed by atoms with Crippen LogP contribution in [0.15, 0.2) is 42.5 Å². The van der Waals surface area contributed by atoms with Crippen LogP contribution in [0.5, 0.6) is 11.5 Å². The first-order valence-electron chi connectivity index (χ1n) is 6.25. The van der Waals surface area contributed by atoms with Gasteiger partial charge in [0.2, 0.25) is 0 Å². The van der Waals surface area contributed by atoms with Crippen molar-refractivity contribution >= 4 is 0 Å². The summed E-state index contributed by atoms with van der Waals surface area (Å²) in [5.74, 6) is 1.58. The molecule has 98 valence electrons. The van der Waals surface area contributed by atoms with Crippen LogP contribution in [0.25, 0.3) is 0 Å². The van der Waals surface area contributed by atoms with Crippen LogP contribution in [-0.4, -0.2) is 14.2 Å². The zero-order valence-corrected chi connectivity index (χ0v) is 11.1. The molecule has 1 aliphatic heterocycles. The number of hydrogen-bond donors (Lipinski definition) is 0. The van der Waals surface area contributed by atoms with Crippen molar-refractivity contribution in [2.24, 2.45) is 0 Å². The lowest BCUT2D eigenvalue weighted by atomic mass is 9.98. The monoisotopic (exact) mass is 256 g/mol. The van der Waals surface area contributed by atoms with E-state index in [-0.39, 0.29) is 6.10 Å². The summed E-state index contributed by atoms with van der Waals surface area (Å²) >= 11 is 0. The van der Waals surface area contributed by atoms with Gasteiger partial charge in [0.1, 0.15) is 17.6 Å². The molecule has 1 unspecified atom stereocenters. The van der Waals surface area contributed by atoms with E-state index in [4.69, 9.17) is 14.2 Å².